The molecule has 0 N–H and O–H groups in total. The van der Waals surface area contributed by atoms with E-state index in [2.05, 4.69) is 4.98 Å². The van der Waals surface area contributed by atoms with Crippen molar-refractivity contribution < 1.29 is 4.79 Å². The van der Waals surface area contributed by atoms with E-state index in [4.69, 9.17) is 11.6 Å². The minimum absolute atomic E-state index is 0.122. The van der Waals surface area contributed by atoms with Crippen LogP contribution in [0.1, 0.15) is 11.3 Å². The molecule has 0 radical (unpaired) electrons. The maximum absolute atomic E-state index is 11.8. The van der Waals surface area contributed by atoms with Crippen molar-refractivity contribution in [3.63, 3.8) is 0 Å². The van der Waals surface area contributed by atoms with E-state index in [1.165, 1.54) is 0 Å². The van der Waals surface area contributed by atoms with E-state index in [9.17, 15) is 4.79 Å². The van der Waals surface area contributed by atoms with Gasteiger partial charge in [-0.05, 0) is 23.8 Å². The summed E-state index contributed by atoms with van der Waals surface area (Å²) in [5.74, 6) is 0.122. The largest absolute Gasteiger partial charge is 0.299 e. The topological polar surface area (TPSA) is 30.0 Å². The molecule has 3 heteroatoms. The highest BCUT2D eigenvalue weighted by molar-refractivity contribution is 6.31. The first kappa shape index (κ1) is 11.8. The second-order valence-corrected chi connectivity index (χ2v) is 4.21. The van der Waals surface area contributed by atoms with E-state index in [1.807, 2.05) is 36.4 Å². The Labute approximate surface area is 105 Å². The van der Waals surface area contributed by atoms with Crippen LogP contribution in [0.4, 0.5) is 0 Å². The molecule has 17 heavy (non-hydrogen) atoms. The van der Waals surface area contributed by atoms with Crippen molar-refractivity contribution in [2.75, 3.05) is 0 Å². The first-order valence-corrected chi connectivity index (χ1v) is 5.78. The first-order chi connectivity index (χ1) is 8.25. The lowest BCUT2D eigenvalue weighted by molar-refractivity contribution is -0.117. The molecule has 0 bridgehead atoms. The Kier molecular flexibility index (Phi) is 3.89. The van der Waals surface area contributed by atoms with Gasteiger partial charge in [-0.3, -0.25) is 9.78 Å². The lowest BCUT2D eigenvalue weighted by atomic mass is 10.1. The Bertz CT molecular complexity index is 511. The molecule has 0 fully saturated rings. The summed E-state index contributed by atoms with van der Waals surface area (Å²) in [6.45, 7) is 0. The zero-order valence-electron chi connectivity index (χ0n) is 9.27. The van der Waals surface area contributed by atoms with Gasteiger partial charge < -0.3 is 0 Å². The van der Waals surface area contributed by atoms with Crippen LogP contribution in [0.15, 0.2) is 48.7 Å². The molecule has 2 aromatic rings. The molecule has 0 aliphatic heterocycles. The van der Waals surface area contributed by atoms with Gasteiger partial charge in [0.2, 0.25) is 0 Å². The maximum atomic E-state index is 11.8. The molecule has 0 aliphatic rings. The van der Waals surface area contributed by atoms with Gasteiger partial charge in [0.25, 0.3) is 0 Å². The molecule has 1 aromatic heterocycles. The van der Waals surface area contributed by atoms with Crippen molar-refractivity contribution in [2.45, 2.75) is 12.8 Å². The molecule has 0 saturated carbocycles. The Balaban J connectivity index is 2.01. The fourth-order valence-corrected chi connectivity index (χ4v) is 1.82. The third-order valence-corrected chi connectivity index (χ3v) is 2.82. The first-order valence-electron chi connectivity index (χ1n) is 5.41. The van der Waals surface area contributed by atoms with E-state index in [-0.39, 0.29) is 5.78 Å². The Morgan fingerprint density at radius 3 is 2.53 bits per heavy atom. The lowest BCUT2D eigenvalue weighted by Gasteiger charge is -2.03. The summed E-state index contributed by atoms with van der Waals surface area (Å²) in [6.07, 6.45) is 2.40. The number of hydrogen-bond donors (Lipinski definition) is 0. The van der Waals surface area contributed by atoms with Gasteiger partial charge in [0.05, 0.1) is 0 Å². The van der Waals surface area contributed by atoms with Gasteiger partial charge in [0.15, 0.2) is 0 Å². The van der Waals surface area contributed by atoms with Gasteiger partial charge in [-0.15, -0.1) is 0 Å². The Morgan fingerprint density at radius 1 is 1.06 bits per heavy atom. The van der Waals surface area contributed by atoms with Crippen molar-refractivity contribution >= 4 is 17.4 Å². The fraction of sp³-hybridized carbons (Fsp3) is 0.143. The van der Waals surface area contributed by atoms with Crippen molar-refractivity contribution in [3.8, 4) is 0 Å². The normalized spacial score (nSPS) is 10.2. The minimum Gasteiger partial charge on any atom is -0.299 e. The number of halogens is 1. The van der Waals surface area contributed by atoms with E-state index in [0.717, 1.165) is 11.3 Å². The number of hydrogen-bond acceptors (Lipinski definition) is 2. The molecule has 1 heterocycles. The number of carbonyl (C=O) groups is 1. The fourth-order valence-electron chi connectivity index (χ4n) is 1.62. The van der Waals surface area contributed by atoms with Gasteiger partial charge in [0.1, 0.15) is 5.78 Å². The van der Waals surface area contributed by atoms with Crippen LogP contribution in [0.2, 0.25) is 5.02 Å². The SMILES string of the molecule is O=C(Cc1ccccn1)Cc1ccccc1Cl. The molecule has 1 aromatic carbocycles. The number of Topliss-reactive ketones (excluding diaryl/α,β-unsaturated/α-hetero) is 1. The number of pyridine rings is 1. The van der Waals surface area contributed by atoms with Crippen LogP contribution < -0.4 is 0 Å². The second kappa shape index (κ2) is 5.60. The van der Waals surface area contributed by atoms with Crippen molar-refractivity contribution in [1.29, 1.82) is 0 Å². The molecule has 0 aliphatic carbocycles. The molecule has 0 saturated heterocycles. The summed E-state index contributed by atoms with van der Waals surface area (Å²) in [5, 5.41) is 0.641. The monoisotopic (exact) mass is 245 g/mol. The zero-order chi connectivity index (χ0) is 12.1. The summed E-state index contributed by atoms with van der Waals surface area (Å²) in [5.41, 5.74) is 1.67. The summed E-state index contributed by atoms with van der Waals surface area (Å²) >= 11 is 6.00. The van der Waals surface area contributed by atoms with Gasteiger partial charge in [-0.1, -0.05) is 35.9 Å². The number of ketones is 1. The molecule has 0 unspecified atom stereocenters. The third-order valence-electron chi connectivity index (χ3n) is 2.45. The smallest absolute Gasteiger partial charge is 0.143 e. The van der Waals surface area contributed by atoms with Gasteiger partial charge >= 0.3 is 0 Å². The van der Waals surface area contributed by atoms with Crippen LogP contribution in [0, 0.1) is 0 Å². The standard InChI is InChI=1S/C14H12ClNO/c15-14-7-2-1-5-11(14)9-13(17)10-12-6-3-4-8-16-12/h1-8H,9-10H2. The molecule has 0 amide bonds. The quantitative estimate of drug-likeness (QED) is 0.829. The number of rotatable bonds is 4. The van der Waals surface area contributed by atoms with E-state index in [1.54, 1.807) is 12.3 Å². The molecule has 86 valence electrons. The predicted molar refractivity (Wildman–Crippen MR) is 68.1 cm³/mol. The molecule has 2 nitrogen and oxygen atoms in total. The number of aromatic nitrogens is 1. The van der Waals surface area contributed by atoms with E-state index >= 15 is 0 Å². The van der Waals surface area contributed by atoms with Crippen LogP contribution >= 0.6 is 11.6 Å². The van der Waals surface area contributed by atoms with E-state index < -0.39 is 0 Å². The molecule has 2 rings (SSSR count). The molecule has 0 spiro atoms. The maximum Gasteiger partial charge on any atom is 0.143 e. The molecular weight excluding hydrogens is 234 g/mol. The van der Waals surface area contributed by atoms with Crippen LogP contribution in [-0.4, -0.2) is 10.8 Å². The van der Waals surface area contributed by atoms with Gasteiger partial charge in [-0.25, -0.2) is 0 Å². The highest BCUT2D eigenvalue weighted by Gasteiger charge is 2.08. The number of carbonyl (C=O) groups excluding carboxylic acids is 1. The summed E-state index contributed by atoms with van der Waals surface area (Å²) < 4.78 is 0. The van der Waals surface area contributed by atoms with Gasteiger partial charge in [0, 0.05) is 29.8 Å². The number of benzene rings is 1. The Morgan fingerprint density at radius 2 is 1.82 bits per heavy atom. The van der Waals surface area contributed by atoms with Crippen LogP contribution in [0.25, 0.3) is 0 Å². The van der Waals surface area contributed by atoms with Crippen molar-refractivity contribution in [2.24, 2.45) is 0 Å². The lowest BCUT2D eigenvalue weighted by Crippen LogP contribution is -2.07. The van der Waals surface area contributed by atoms with Crippen LogP contribution in [0.3, 0.4) is 0 Å². The van der Waals surface area contributed by atoms with E-state index in [0.29, 0.717) is 17.9 Å². The van der Waals surface area contributed by atoms with Crippen molar-refractivity contribution in [3.05, 3.63) is 64.9 Å². The molecular formula is C14H12ClNO. The zero-order valence-corrected chi connectivity index (χ0v) is 10.0. The third kappa shape index (κ3) is 3.40. The molecule has 0 atom stereocenters. The second-order valence-electron chi connectivity index (χ2n) is 3.80. The van der Waals surface area contributed by atoms with Crippen molar-refractivity contribution in [1.82, 2.24) is 4.98 Å². The van der Waals surface area contributed by atoms with Crippen LogP contribution in [0.5, 0.6) is 0 Å². The Hall–Kier alpha value is -1.67. The minimum atomic E-state index is 0.122. The van der Waals surface area contributed by atoms with Gasteiger partial charge in [-0.2, -0.15) is 0 Å². The number of nitrogens with zero attached hydrogens (tertiary/aromatic N) is 1. The predicted octanol–water partition coefficient (Wildman–Crippen LogP) is 3.09. The summed E-state index contributed by atoms with van der Waals surface area (Å²) in [6, 6.07) is 13.0. The summed E-state index contributed by atoms with van der Waals surface area (Å²) in [7, 11) is 0. The highest BCUT2D eigenvalue weighted by atomic mass is 35.5. The average molecular weight is 246 g/mol. The van der Waals surface area contributed by atoms with Crippen LogP contribution in [-0.2, 0) is 17.6 Å². The average Bonchev–Trinajstić information content (AvgIpc) is 2.33. The highest BCUT2D eigenvalue weighted by Crippen LogP contribution is 2.16. The summed E-state index contributed by atoms with van der Waals surface area (Å²) in [4.78, 5) is 16.0.